The lowest BCUT2D eigenvalue weighted by atomic mass is 10.1. The van der Waals surface area contributed by atoms with E-state index in [1.807, 2.05) is 73.7 Å². The summed E-state index contributed by atoms with van der Waals surface area (Å²) in [6.45, 7) is 2.83. The van der Waals surface area contributed by atoms with Crippen molar-refractivity contribution in [3.63, 3.8) is 0 Å². The maximum Gasteiger partial charge on any atom is 0.258 e. The van der Waals surface area contributed by atoms with E-state index in [0.29, 0.717) is 11.6 Å². The summed E-state index contributed by atoms with van der Waals surface area (Å²) in [6, 6.07) is 25.4. The highest BCUT2D eigenvalue weighted by molar-refractivity contribution is 6.30. The lowest BCUT2D eigenvalue weighted by Gasteiger charge is -2.28. The molecule has 1 amide bonds. The molecule has 0 saturated carbocycles. The lowest BCUT2D eigenvalue weighted by molar-refractivity contribution is -0.128. The molecule has 5 nitrogen and oxygen atoms in total. The second-order valence-electron chi connectivity index (χ2n) is 7.47. The molecule has 1 unspecified atom stereocenters. The number of carbonyl (C=O) groups excluding carboxylic acids is 1. The van der Waals surface area contributed by atoms with Gasteiger partial charge in [0.2, 0.25) is 0 Å². The Morgan fingerprint density at radius 1 is 1.06 bits per heavy atom. The number of carbonyl (C=O) groups is 1. The van der Waals surface area contributed by atoms with Crippen molar-refractivity contribution in [1.82, 2.24) is 9.91 Å². The van der Waals surface area contributed by atoms with Crippen molar-refractivity contribution in [2.24, 2.45) is 5.10 Å². The Morgan fingerprint density at radius 3 is 2.52 bits per heavy atom. The highest BCUT2D eigenvalue weighted by Crippen LogP contribution is 2.34. The van der Waals surface area contributed by atoms with E-state index in [-0.39, 0.29) is 18.6 Å². The zero-order valence-electron chi connectivity index (χ0n) is 17.5. The fraction of sp³-hybridized carbons (Fsp3) is 0.200. The highest BCUT2D eigenvalue weighted by atomic mass is 35.5. The minimum atomic E-state index is -0.329. The van der Waals surface area contributed by atoms with Gasteiger partial charge in [0.1, 0.15) is 11.9 Å². The molecule has 1 saturated heterocycles. The van der Waals surface area contributed by atoms with Crippen LogP contribution in [0.4, 0.5) is 0 Å². The van der Waals surface area contributed by atoms with Gasteiger partial charge in [-0.15, -0.1) is 0 Å². The van der Waals surface area contributed by atoms with Gasteiger partial charge in [-0.3, -0.25) is 9.69 Å². The molecule has 1 aliphatic rings. The largest absolute Gasteiger partial charge is 0.497 e. The van der Waals surface area contributed by atoms with Gasteiger partial charge in [0.05, 0.1) is 19.4 Å². The van der Waals surface area contributed by atoms with Gasteiger partial charge in [0.25, 0.3) is 5.91 Å². The highest BCUT2D eigenvalue weighted by Gasteiger charge is 2.39. The van der Waals surface area contributed by atoms with Crippen molar-refractivity contribution in [2.75, 3.05) is 13.7 Å². The van der Waals surface area contributed by atoms with Crippen molar-refractivity contribution < 1.29 is 9.53 Å². The average Bonchev–Trinajstić information content (AvgIpc) is 3.09. The van der Waals surface area contributed by atoms with Gasteiger partial charge in [0, 0.05) is 11.6 Å². The van der Waals surface area contributed by atoms with E-state index in [9.17, 15) is 4.79 Å². The fourth-order valence-electron chi connectivity index (χ4n) is 3.76. The summed E-state index contributed by atoms with van der Waals surface area (Å²) >= 11 is 6.01. The fourth-order valence-corrected chi connectivity index (χ4v) is 3.89. The predicted molar refractivity (Wildman–Crippen MR) is 123 cm³/mol. The van der Waals surface area contributed by atoms with Crippen LogP contribution in [0.5, 0.6) is 5.75 Å². The van der Waals surface area contributed by atoms with Crippen LogP contribution in [0.3, 0.4) is 0 Å². The molecule has 1 aliphatic heterocycles. The first-order chi connectivity index (χ1) is 15.0. The molecular formula is C25H24ClN3O2. The lowest BCUT2D eigenvalue weighted by Crippen LogP contribution is -2.29. The SMILES string of the molecule is COc1cccc(C2N(Cc3ccccc3)CC(=O)N2N=C(C)c2ccc(Cl)cc2)c1. The van der Waals surface area contributed by atoms with E-state index >= 15 is 0 Å². The van der Waals surface area contributed by atoms with Gasteiger partial charge in [-0.05, 0) is 47.9 Å². The first-order valence-corrected chi connectivity index (χ1v) is 10.5. The van der Waals surface area contributed by atoms with E-state index in [1.165, 1.54) is 0 Å². The smallest absolute Gasteiger partial charge is 0.258 e. The number of hydrazone groups is 1. The number of amides is 1. The molecule has 1 fully saturated rings. The maximum atomic E-state index is 13.1. The first-order valence-electron chi connectivity index (χ1n) is 10.1. The van der Waals surface area contributed by atoms with Crippen LogP contribution >= 0.6 is 11.6 Å². The van der Waals surface area contributed by atoms with Crippen molar-refractivity contribution >= 4 is 23.2 Å². The topological polar surface area (TPSA) is 45.1 Å². The number of nitrogens with zero attached hydrogens (tertiary/aromatic N) is 3. The molecule has 3 aromatic carbocycles. The van der Waals surface area contributed by atoms with Gasteiger partial charge in [-0.2, -0.15) is 5.10 Å². The normalized spacial score (nSPS) is 17.3. The third kappa shape index (κ3) is 4.79. The van der Waals surface area contributed by atoms with E-state index in [2.05, 4.69) is 17.0 Å². The monoisotopic (exact) mass is 433 g/mol. The Balaban J connectivity index is 1.71. The minimum absolute atomic E-state index is 0.0444. The van der Waals surface area contributed by atoms with E-state index < -0.39 is 0 Å². The van der Waals surface area contributed by atoms with Crippen molar-refractivity contribution in [2.45, 2.75) is 19.6 Å². The van der Waals surface area contributed by atoms with Gasteiger partial charge in [-0.1, -0.05) is 66.2 Å². The third-order valence-corrected chi connectivity index (χ3v) is 5.56. The number of benzene rings is 3. The molecule has 1 atom stereocenters. The van der Waals surface area contributed by atoms with E-state index in [4.69, 9.17) is 21.4 Å². The van der Waals surface area contributed by atoms with Gasteiger partial charge < -0.3 is 4.74 Å². The predicted octanol–water partition coefficient (Wildman–Crippen LogP) is 5.12. The Kier molecular flexibility index (Phi) is 6.35. The second-order valence-corrected chi connectivity index (χ2v) is 7.91. The van der Waals surface area contributed by atoms with E-state index in [0.717, 1.165) is 28.2 Å². The molecule has 0 spiro atoms. The van der Waals surface area contributed by atoms with Crippen LogP contribution in [0.25, 0.3) is 0 Å². The van der Waals surface area contributed by atoms with Crippen LogP contribution in [0.1, 0.15) is 29.8 Å². The molecule has 0 N–H and O–H groups in total. The number of methoxy groups -OCH3 is 1. The number of hydrogen-bond donors (Lipinski definition) is 0. The molecule has 6 heteroatoms. The summed E-state index contributed by atoms with van der Waals surface area (Å²) in [7, 11) is 1.64. The van der Waals surface area contributed by atoms with E-state index in [1.54, 1.807) is 12.1 Å². The Hall–Kier alpha value is -3.15. The Bertz CT molecular complexity index is 1080. The quantitative estimate of drug-likeness (QED) is 0.507. The summed E-state index contributed by atoms with van der Waals surface area (Å²) in [4.78, 5) is 15.2. The summed E-state index contributed by atoms with van der Waals surface area (Å²) in [5, 5.41) is 6.99. The second kappa shape index (κ2) is 9.33. The molecule has 0 bridgehead atoms. The van der Waals surface area contributed by atoms with Crippen molar-refractivity contribution in [3.8, 4) is 5.75 Å². The number of rotatable bonds is 6. The zero-order valence-corrected chi connectivity index (χ0v) is 18.3. The Labute approximate surface area is 187 Å². The average molecular weight is 434 g/mol. The molecule has 31 heavy (non-hydrogen) atoms. The van der Waals surface area contributed by atoms with Crippen molar-refractivity contribution in [3.05, 3.63) is 101 Å². The van der Waals surface area contributed by atoms with Crippen LogP contribution < -0.4 is 4.74 Å². The molecule has 4 rings (SSSR count). The third-order valence-electron chi connectivity index (χ3n) is 5.31. The first kappa shape index (κ1) is 21.1. The summed E-state index contributed by atoms with van der Waals surface area (Å²) in [5.41, 5.74) is 3.76. The summed E-state index contributed by atoms with van der Waals surface area (Å²) < 4.78 is 5.42. The number of ether oxygens (including phenoxy) is 1. The maximum absolute atomic E-state index is 13.1. The molecule has 0 aromatic heterocycles. The van der Waals surface area contributed by atoms with Gasteiger partial charge in [-0.25, -0.2) is 5.01 Å². The molecule has 0 aliphatic carbocycles. The summed E-state index contributed by atoms with van der Waals surface area (Å²) in [5.74, 6) is 0.701. The zero-order chi connectivity index (χ0) is 21.8. The molecule has 158 valence electrons. The molecule has 3 aromatic rings. The number of hydrogen-bond acceptors (Lipinski definition) is 4. The van der Waals surface area contributed by atoms with Crippen LogP contribution in [-0.2, 0) is 11.3 Å². The Morgan fingerprint density at radius 2 is 1.81 bits per heavy atom. The minimum Gasteiger partial charge on any atom is -0.497 e. The summed E-state index contributed by atoms with van der Waals surface area (Å²) in [6.07, 6.45) is -0.329. The molecular weight excluding hydrogens is 410 g/mol. The molecule has 1 heterocycles. The van der Waals surface area contributed by atoms with Crippen LogP contribution in [0, 0.1) is 0 Å². The van der Waals surface area contributed by atoms with Crippen LogP contribution in [0.2, 0.25) is 5.02 Å². The van der Waals surface area contributed by atoms with Gasteiger partial charge in [0.15, 0.2) is 0 Å². The van der Waals surface area contributed by atoms with Crippen LogP contribution in [0.15, 0.2) is 84.0 Å². The molecule has 0 radical (unpaired) electrons. The standard InChI is InChI=1S/C25H24ClN3O2/c1-18(20-11-13-22(26)14-12-20)27-29-24(30)17-28(16-19-7-4-3-5-8-19)25(29)21-9-6-10-23(15-21)31-2/h3-15,25H,16-17H2,1-2H3. The number of halogens is 1. The van der Waals surface area contributed by atoms with Crippen LogP contribution in [-0.4, -0.2) is 35.2 Å². The van der Waals surface area contributed by atoms with Gasteiger partial charge >= 0.3 is 0 Å². The van der Waals surface area contributed by atoms with Crippen molar-refractivity contribution in [1.29, 1.82) is 0 Å².